The predicted molar refractivity (Wildman–Crippen MR) is 81.6 cm³/mol. The Morgan fingerprint density at radius 1 is 1.17 bits per heavy atom. The zero-order valence-corrected chi connectivity index (χ0v) is 13.5. The summed E-state index contributed by atoms with van der Waals surface area (Å²) >= 11 is 0. The third-order valence-corrected chi connectivity index (χ3v) is 3.68. The van der Waals surface area contributed by atoms with Crippen LogP contribution in [0.5, 0.6) is 0 Å². The second-order valence-corrected chi connectivity index (χ2v) is 5.70. The van der Waals surface area contributed by atoms with Gasteiger partial charge in [0.2, 0.25) is 0 Å². The van der Waals surface area contributed by atoms with Crippen molar-refractivity contribution in [3.63, 3.8) is 0 Å². The van der Waals surface area contributed by atoms with E-state index in [9.17, 15) is 18.8 Å². The molecule has 23 heavy (non-hydrogen) atoms. The first kappa shape index (κ1) is 17.1. The van der Waals surface area contributed by atoms with E-state index >= 15 is 0 Å². The molecule has 7 heteroatoms. The maximum absolute atomic E-state index is 13.3. The molecule has 1 heterocycles. The van der Waals surface area contributed by atoms with Crippen LogP contribution in [0.3, 0.4) is 0 Å². The number of amides is 4. The minimum atomic E-state index is -0.818. The van der Waals surface area contributed by atoms with Crippen LogP contribution in [0.4, 0.5) is 9.18 Å². The van der Waals surface area contributed by atoms with E-state index in [2.05, 4.69) is 0 Å². The fraction of sp³-hybridized carbons (Fsp3) is 0.438. The molecule has 1 saturated heterocycles. The lowest BCUT2D eigenvalue weighted by atomic mass is 10.2. The van der Waals surface area contributed by atoms with E-state index in [1.165, 1.54) is 12.1 Å². The van der Waals surface area contributed by atoms with Gasteiger partial charge in [-0.05, 0) is 38.1 Å². The van der Waals surface area contributed by atoms with Crippen LogP contribution >= 0.6 is 0 Å². The smallest absolute Gasteiger partial charge is 0.281 e. The molecule has 0 N–H and O–H groups in total. The molecular formula is C16H20FN3O3. The number of nitrogens with zero attached hydrogens (tertiary/aromatic N) is 3. The average Bonchev–Trinajstić information content (AvgIpc) is 2.70. The number of rotatable bonds is 6. The third-order valence-electron chi connectivity index (χ3n) is 3.68. The Bertz CT molecular complexity index is 633. The highest BCUT2D eigenvalue weighted by Crippen LogP contribution is 2.17. The summed E-state index contributed by atoms with van der Waals surface area (Å²) in [5.74, 6) is -1.96. The summed E-state index contributed by atoms with van der Waals surface area (Å²) in [7, 11) is 0. The lowest BCUT2D eigenvalue weighted by molar-refractivity contribution is -0.144. The van der Waals surface area contributed by atoms with E-state index in [1.807, 2.05) is 6.92 Å². The van der Waals surface area contributed by atoms with Crippen molar-refractivity contribution < 1.29 is 18.8 Å². The number of halogens is 1. The van der Waals surface area contributed by atoms with E-state index in [0.717, 1.165) is 15.4 Å². The predicted octanol–water partition coefficient (Wildman–Crippen LogP) is 1.80. The van der Waals surface area contributed by atoms with Gasteiger partial charge in [0.05, 0.1) is 6.67 Å². The van der Waals surface area contributed by atoms with E-state index in [0.29, 0.717) is 13.1 Å². The second kappa shape index (κ2) is 6.87. The van der Waals surface area contributed by atoms with Gasteiger partial charge in [-0.1, -0.05) is 19.1 Å². The Hall–Kier alpha value is -2.28. The number of carbonyl (C=O) groups excluding carboxylic acids is 3. The quantitative estimate of drug-likeness (QED) is 0.592. The molecule has 4 amide bonds. The van der Waals surface area contributed by atoms with Gasteiger partial charge in [0.25, 0.3) is 0 Å². The maximum Gasteiger partial charge on any atom is 0.335 e. The SMILES string of the molecule is CCN(Cc1cccc(F)c1)CN1C(=O)C(=O)N(C(C)C)C1=O. The summed E-state index contributed by atoms with van der Waals surface area (Å²) in [6, 6.07) is 5.16. The molecule has 1 fully saturated rings. The summed E-state index contributed by atoms with van der Waals surface area (Å²) in [6.45, 7) is 6.14. The Balaban J connectivity index is 2.11. The first-order chi connectivity index (χ1) is 10.8. The van der Waals surface area contributed by atoms with E-state index in [-0.39, 0.29) is 18.5 Å². The molecule has 0 unspecified atom stereocenters. The molecule has 0 spiro atoms. The molecule has 1 aromatic rings. The van der Waals surface area contributed by atoms with Crippen LogP contribution in [0.1, 0.15) is 26.3 Å². The molecule has 2 rings (SSSR count). The van der Waals surface area contributed by atoms with E-state index in [1.54, 1.807) is 30.9 Å². The molecule has 0 aliphatic carbocycles. The highest BCUT2D eigenvalue weighted by atomic mass is 19.1. The summed E-state index contributed by atoms with van der Waals surface area (Å²) in [6.07, 6.45) is 0. The summed E-state index contributed by atoms with van der Waals surface area (Å²) < 4.78 is 13.3. The molecule has 1 aliphatic heterocycles. The van der Waals surface area contributed by atoms with Crippen LogP contribution in [-0.2, 0) is 16.1 Å². The van der Waals surface area contributed by atoms with Crippen LogP contribution in [0.25, 0.3) is 0 Å². The number of imide groups is 2. The van der Waals surface area contributed by atoms with Crippen molar-refractivity contribution in [3.8, 4) is 0 Å². The lowest BCUT2D eigenvalue weighted by Gasteiger charge is -2.25. The highest BCUT2D eigenvalue weighted by Gasteiger charge is 2.45. The lowest BCUT2D eigenvalue weighted by Crippen LogP contribution is -2.43. The Kier molecular flexibility index (Phi) is 5.10. The fourth-order valence-corrected chi connectivity index (χ4v) is 2.46. The zero-order valence-electron chi connectivity index (χ0n) is 13.5. The Labute approximate surface area is 134 Å². The summed E-state index contributed by atoms with van der Waals surface area (Å²) in [5, 5.41) is 0. The maximum atomic E-state index is 13.3. The Morgan fingerprint density at radius 2 is 1.87 bits per heavy atom. The van der Waals surface area contributed by atoms with Gasteiger partial charge in [-0.2, -0.15) is 0 Å². The van der Waals surface area contributed by atoms with Gasteiger partial charge in [-0.25, -0.2) is 14.1 Å². The number of urea groups is 1. The van der Waals surface area contributed by atoms with Crippen molar-refractivity contribution >= 4 is 17.8 Å². The van der Waals surface area contributed by atoms with Crippen LogP contribution < -0.4 is 0 Å². The third kappa shape index (κ3) is 3.56. The molecule has 1 aliphatic rings. The molecule has 0 atom stereocenters. The normalized spacial score (nSPS) is 15.5. The van der Waals surface area contributed by atoms with Crippen molar-refractivity contribution in [3.05, 3.63) is 35.6 Å². The van der Waals surface area contributed by atoms with E-state index in [4.69, 9.17) is 0 Å². The first-order valence-electron chi connectivity index (χ1n) is 7.51. The van der Waals surface area contributed by atoms with Gasteiger partial charge in [0, 0.05) is 12.6 Å². The molecule has 0 saturated carbocycles. The monoisotopic (exact) mass is 321 g/mol. The van der Waals surface area contributed by atoms with Crippen LogP contribution in [0.15, 0.2) is 24.3 Å². The van der Waals surface area contributed by atoms with Crippen LogP contribution in [0.2, 0.25) is 0 Å². The molecule has 124 valence electrons. The minimum absolute atomic E-state index is 0.000357. The molecule has 1 aromatic carbocycles. The largest absolute Gasteiger partial charge is 0.335 e. The molecule has 6 nitrogen and oxygen atoms in total. The highest BCUT2D eigenvalue weighted by molar-refractivity contribution is 6.44. The topological polar surface area (TPSA) is 60.9 Å². The van der Waals surface area contributed by atoms with Crippen molar-refractivity contribution in [2.75, 3.05) is 13.2 Å². The molecule has 0 aromatic heterocycles. The number of benzene rings is 1. The van der Waals surface area contributed by atoms with Gasteiger partial charge < -0.3 is 0 Å². The zero-order chi connectivity index (χ0) is 17.1. The van der Waals surface area contributed by atoms with Crippen LogP contribution in [-0.4, -0.2) is 51.8 Å². The van der Waals surface area contributed by atoms with E-state index < -0.39 is 17.8 Å². The van der Waals surface area contributed by atoms with Crippen molar-refractivity contribution in [2.45, 2.75) is 33.4 Å². The number of carbonyl (C=O) groups is 3. The van der Waals surface area contributed by atoms with Gasteiger partial charge in [-0.15, -0.1) is 0 Å². The number of hydrogen-bond donors (Lipinski definition) is 0. The summed E-state index contributed by atoms with van der Waals surface area (Å²) in [5.41, 5.74) is 0.734. The van der Waals surface area contributed by atoms with Gasteiger partial charge in [0.1, 0.15) is 5.82 Å². The van der Waals surface area contributed by atoms with Gasteiger partial charge >= 0.3 is 17.8 Å². The van der Waals surface area contributed by atoms with Crippen molar-refractivity contribution in [1.29, 1.82) is 0 Å². The van der Waals surface area contributed by atoms with Crippen molar-refractivity contribution in [2.24, 2.45) is 0 Å². The van der Waals surface area contributed by atoms with Crippen LogP contribution in [0, 0.1) is 5.82 Å². The first-order valence-corrected chi connectivity index (χ1v) is 7.51. The van der Waals surface area contributed by atoms with Gasteiger partial charge in [0.15, 0.2) is 0 Å². The molecule has 0 radical (unpaired) electrons. The van der Waals surface area contributed by atoms with Gasteiger partial charge in [-0.3, -0.25) is 19.4 Å². The second-order valence-electron chi connectivity index (χ2n) is 5.70. The fourth-order valence-electron chi connectivity index (χ4n) is 2.46. The Morgan fingerprint density at radius 3 is 2.39 bits per heavy atom. The minimum Gasteiger partial charge on any atom is -0.281 e. The molecule has 0 bridgehead atoms. The average molecular weight is 321 g/mol. The van der Waals surface area contributed by atoms with Crippen molar-refractivity contribution in [1.82, 2.24) is 14.7 Å². The standard InChI is InChI=1S/C16H20FN3O3/c1-4-18(9-12-6-5-7-13(17)8-12)10-19-14(21)15(22)20(11(2)3)16(19)23/h5-8,11H,4,9-10H2,1-3H3. The number of hydrogen-bond acceptors (Lipinski definition) is 4. The summed E-state index contributed by atoms with van der Waals surface area (Å²) in [4.78, 5) is 39.8. The molecular weight excluding hydrogens is 301 g/mol.